The molecule has 1 aliphatic heterocycles. The Morgan fingerprint density at radius 2 is 2.09 bits per heavy atom. The minimum atomic E-state index is -0.481. The number of halogens is 1. The molecule has 0 aliphatic carbocycles. The van der Waals surface area contributed by atoms with E-state index in [1.165, 1.54) is 36.2 Å². The van der Waals surface area contributed by atoms with Crippen LogP contribution in [-0.2, 0) is 16.1 Å². The Bertz CT molecular complexity index is 1240. The Labute approximate surface area is 192 Å². The van der Waals surface area contributed by atoms with Gasteiger partial charge in [0.2, 0.25) is 11.0 Å². The maximum atomic E-state index is 12.5. The van der Waals surface area contributed by atoms with Crippen molar-refractivity contribution < 1.29 is 19.5 Å². The molecule has 1 atom stereocenters. The second-order valence-electron chi connectivity index (χ2n) is 7.17. The van der Waals surface area contributed by atoms with Crippen molar-refractivity contribution in [3.05, 3.63) is 64.8 Å². The lowest BCUT2D eigenvalue weighted by atomic mass is 10.2. The minimum Gasteiger partial charge on any atom is -0.506 e. The molecule has 0 bridgehead atoms. The Hall–Kier alpha value is -3.30. The highest BCUT2D eigenvalue weighted by atomic mass is 35.5. The smallest absolute Gasteiger partial charge is 0.271 e. The average molecular weight is 471 g/mol. The number of fused-ring (bicyclic) bond motifs is 1. The molecule has 2 heterocycles. The minimum absolute atomic E-state index is 0.00538. The zero-order chi connectivity index (χ0) is 22.7. The lowest BCUT2D eigenvalue weighted by Gasteiger charge is -2.11. The Kier molecular flexibility index (Phi) is 6.48. The SMILES string of the molecule is O=C(Cn1cc(/C=N/NC(=O)c2ccc(O)c(Cl)c2)c2ccccc21)NC1CCSC1=O. The van der Waals surface area contributed by atoms with Gasteiger partial charge in [0.05, 0.1) is 17.3 Å². The zero-order valence-corrected chi connectivity index (χ0v) is 18.3. The molecule has 2 aromatic carbocycles. The third-order valence-electron chi connectivity index (χ3n) is 4.98. The number of phenolic OH excluding ortho intramolecular Hbond substituents is 1. The number of hydrogen-bond acceptors (Lipinski definition) is 6. The molecule has 1 aliphatic rings. The van der Waals surface area contributed by atoms with Gasteiger partial charge in [-0.1, -0.05) is 41.6 Å². The van der Waals surface area contributed by atoms with Crippen molar-refractivity contribution in [2.75, 3.05) is 5.75 Å². The van der Waals surface area contributed by atoms with Gasteiger partial charge >= 0.3 is 0 Å². The lowest BCUT2D eigenvalue weighted by Crippen LogP contribution is -2.38. The van der Waals surface area contributed by atoms with E-state index in [2.05, 4.69) is 15.8 Å². The van der Waals surface area contributed by atoms with Gasteiger partial charge in [-0.15, -0.1) is 0 Å². The summed E-state index contributed by atoms with van der Waals surface area (Å²) in [5, 5.41) is 17.2. The second-order valence-corrected chi connectivity index (χ2v) is 8.68. The van der Waals surface area contributed by atoms with E-state index in [9.17, 15) is 19.5 Å². The molecule has 8 nitrogen and oxygen atoms in total. The van der Waals surface area contributed by atoms with Crippen molar-refractivity contribution in [3.8, 4) is 5.75 Å². The predicted molar refractivity (Wildman–Crippen MR) is 124 cm³/mol. The summed E-state index contributed by atoms with van der Waals surface area (Å²) in [6.07, 6.45) is 3.90. The number of aromatic nitrogens is 1. The summed E-state index contributed by atoms with van der Waals surface area (Å²) >= 11 is 7.07. The molecule has 2 amide bonds. The third kappa shape index (κ3) is 4.79. The largest absolute Gasteiger partial charge is 0.506 e. The first-order valence-corrected chi connectivity index (χ1v) is 11.1. The van der Waals surface area contributed by atoms with Crippen LogP contribution >= 0.6 is 23.4 Å². The molecule has 164 valence electrons. The van der Waals surface area contributed by atoms with Gasteiger partial charge in [-0.2, -0.15) is 5.10 Å². The average Bonchev–Trinajstić information content (AvgIpc) is 3.33. The topological polar surface area (TPSA) is 113 Å². The molecule has 3 N–H and O–H groups in total. The monoisotopic (exact) mass is 470 g/mol. The maximum absolute atomic E-state index is 12.5. The van der Waals surface area contributed by atoms with Gasteiger partial charge in [-0.05, 0) is 30.7 Å². The summed E-state index contributed by atoms with van der Waals surface area (Å²) in [6.45, 7) is 0.0567. The zero-order valence-electron chi connectivity index (χ0n) is 16.7. The Morgan fingerprint density at radius 1 is 1.28 bits per heavy atom. The third-order valence-corrected chi connectivity index (χ3v) is 6.30. The van der Waals surface area contributed by atoms with Crippen molar-refractivity contribution in [1.29, 1.82) is 0 Å². The maximum Gasteiger partial charge on any atom is 0.271 e. The first-order chi connectivity index (χ1) is 15.4. The molecule has 1 unspecified atom stereocenters. The van der Waals surface area contributed by atoms with E-state index in [0.717, 1.165) is 16.7 Å². The Balaban J connectivity index is 1.48. The first-order valence-electron chi connectivity index (χ1n) is 9.78. The predicted octanol–water partition coefficient (Wildman–Crippen LogP) is 2.91. The molecular weight excluding hydrogens is 452 g/mol. The lowest BCUT2D eigenvalue weighted by molar-refractivity contribution is -0.124. The second kappa shape index (κ2) is 9.46. The summed E-state index contributed by atoms with van der Waals surface area (Å²) in [4.78, 5) is 36.5. The summed E-state index contributed by atoms with van der Waals surface area (Å²) in [7, 11) is 0. The van der Waals surface area contributed by atoms with Crippen LogP contribution in [0.1, 0.15) is 22.3 Å². The number of hydrazone groups is 1. The number of nitrogens with one attached hydrogen (secondary N) is 2. The number of carbonyl (C=O) groups is 3. The number of amides is 2. The number of carbonyl (C=O) groups excluding carboxylic acids is 3. The van der Waals surface area contributed by atoms with Crippen LogP contribution in [0.4, 0.5) is 0 Å². The van der Waals surface area contributed by atoms with E-state index in [1.54, 1.807) is 10.8 Å². The quantitative estimate of drug-likeness (QED) is 0.378. The van der Waals surface area contributed by atoms with E-state index in [4.69, 9.17) is 11.6 Å². The fourth-order valence-corrected chi connectivity index (χ4v) is 4.52. The number of phenols is 1. The first kappa shape index (κ1) is 21.9. The molecule has 32 heavy (non-hydrogen) atoms. The molecule has 0 spiro atoms. The van der Waals surface area contributed by atoms with Crippen molar-refractivity contribution >= 4 is 57.4 Å². The van der Waals surface area contributed by atoms with Crippen molar-refractivity contribution in [2.45, 2.75) is 19.0 Å². The number of hydrogen-bond donors (Lipinski definition) is 3. The van der Waals surface area contributed by atoms with Gasteiger partial charge in [0.15, 0.2) is 0 Å². The van der Waals surface area contributed by atoms with Crippen molar-refractivity contribution in [3.63, 3.8) is 0 Å². The van der Waals surface area contributed by atoms with Gasteiger partial charge in [0.1, 0.15) is 12.3 Å². The Morgan fingerprint density at radius 3 is 2.84 bits per heavy atom. The number of benzene rings is 2. The molecule has 1 saturated heterocycles. The van der Waals surface area contributed by atoms with Gasteiger partial charge in [0, 0.05) is 34.0 Å². The fraction of sp³-hybridized carbons (Fsp3) is 0.182. The summed E-state index contributed by atoms with van der Waals surface area (Å²) in [5.41, 5.74) is 4.22. The number of thioether (sulfide) groups is 1. The van der Waals surface area contributed by atoms with Crippen LogP contribution < -0.4 is 10.7 Å². The highest BCUT2D eigenvalue weighted by Crippen LogP contribution is 2.24. The van der Waals surface area contributed by atoms with Crippen LogP contribution in [0.3, 0.4) is 0 Å². The standard InChI is InChI=1S/C22H19ClN4O4S/c23-16-9-13(5-6-19(16)28)21(30)26-24-10-14-11-27(18-4-2-1-3-15(14)18)12-20(29)25-17-7-8-32-22(17)31/h1-6,9-11,17,28H,7-8,12H2,(H,25,29)(H,26,30)/b24-10+. The van der Waals surface area contributed by atoms with Crippen LogP contribution in [0, 0.1) is 0 Å². The van der Waals surface area contributed by atoms with E-state index < -0.39 is 11.9 Å². The molecule has 3 aromatic rings. The van der Waals surface area contributed by atoms with Crippen molar-refractivity contribution in [1.82, 2.24) is 15.3 Å². The molecule has 1 fully saturated rings. The van der Waals surface area contributed by atoms with Crippen LogP contribution in [-0.4, -0.2) is 44.6 Å². The molecule has 0 radical (unpaired) electrons. The molecular formula is C22H19ClN4O4S. The van der Waals surface area contributed by atoms with Crippen LogP contribution in [0.15, 0.2) is 53.8 Å². The number of para-hydroxylation sites is 1. The summed E-state index contributed by atoms with van der Waals surface area (Å²) in [5.74, 6) is -0.114. The normalized spacial score (nSPS) is 16.0. The van der Waals surface area contributed by atoms with Crippen LogP contribution in [0.25, 0.3) is 10.9 Å². The molecule has 10 heteroatoms. The molecule has 1 aromatic heterocycles. The van der Waals surface area contributed by atoms with Gasteiger partial charge < -0.3 is 15.0 Å². The highest BCUT2D eigenvalue weighted by Gasteiger charge is 2.26. The van der Waals surface area contributed by atoms with E-state index >= 15 is 0 Å². The summed E-state index contributed by atoms with van der Waals surface area (Å²) < 4.78 is 1.78. The molecule has 4 rings (SSSR count). The van der Waals surface area contributed by atoms with E-state index in [0.29, 0.717) is 12.0 Å². The number of nitrogens with zero attached hydrogens (tertiary/aromatic N) is 2. The van der Waals surface area contributed by atoms with Gasteiger partial charge in [-0.3, -0.25) is 14.4 Å². The fourth-order valence-electron chi connectivity index (χ4n) is 3.40. The number of rotatable bonds is 6. The highest BCUT2D eigenvalue weighted by molar-refractivity contribution is 8.14. The van der Waals surface area contributed by atoms with E-state index in [1.807, 2.05) is 24.3 Å². The van der Waals surface area contributed by atoms with Crippen LogP contribution in [0.5, 0.6) is 5.75 Å². The number of aromatic hydroxyl groups is 1. The van der Waals surface area contributed by atoms with Crippen LogP contribution in [0.2, 0.25) is 5.02 Å². The summed E-state index contributed by atoms with van der Waals surface area (Å²) in [6, 6.07) is 11.2. The molecule has 0 saturated carbocycles. The van der Waals surface area contributed by atoms with E-state index in [-0.39, 0.29) is 33.9 Å². The van der Waals surface area contributed by atoms with Gasteiger partial charge in [0.25, 0.3) is 5.91 Å². The van der Waals surface area contributed by atoms with Gasteiger partial charge in [-0.25, -0.2) is 5.43 Å². The van der Waals surface area contributed by atoms with Crippen molar-refractivity contribution in [2.24, 2.45) is 5.10 Å².